The molecule has 1 fully saturated rings. The van der Waals surface area contributed by atoms with Crippen molar-refractivity contribution in [3.8, 4) is 16.2 Å². The smallest absolute Gasteiger partial charge is 0.338 e. The van der Waals surface area contributed by atoms with Gasteiger partial charge >= 0.3 is 5.97 Å². The van der Waals surface area contributed by atoms with Crippen LogP contribution >= 0.6 is 11.3 Å². The van der Waals surface area contributed by atoms with Crippen molar-refractivity contribution in [2.75, 3.05) is 11.8 Å². The molecule has 0 saturated heterocycles. The van der Waals surface area contributed by atoms with Crippen molar-refractivity contribution in [3.05, 3.63) is 59.5 Å². The highest BCUT2D eigenvalue weighted by molar-refractivity contribution is 7.94. The van der Waals surface area contributed by atoms with E-state index in [0.29, 0.717) is 10.8 Å². The molecule has 1 aliphatic carbocycles. The van der Waals surface area contributed by atoms with Gasteiger partial charge in [-0.05, 0) is 54.7 Å². The van der Waals surface area contributed by atoms with Crippen LogP contribution in [0.3, 0.4) is 0 Å². The van der Waals surface area contributed by atoms with Crippen molar-refractivity contribution in [1.82, 2.24) is 4.98 Å². The average molecular weight is 519 g/mol. The zero-order valence-electron chi connectivity index (χ0n) is 19.5. The number of methoxy groups -OCH3 is 1. The number of thiazole rings is 1. The predicted molar refractivity (Wildman–Crippen MR) is 133 cm³/mol. The van der Waals surface area contributed by atoms with E-state index in [1.165, 1.54) is 51.0 Å². The van der Waals surface area contributed by atoms with Gasteiger partial charge < -0.3 is 9.84 Å². The molecule has 1 aliphatic rings. The Bertz CT molecular complexity index is 1310. The highest BCUT2D eigenvalue weighted by Gasteiger charge is 2.24. The van der Waals surface area contributed by atoms with Gasteiger partial charge in [-0.2, -0.15) is 8.42 Å². The number of benzene rings is 2. The Labute approximate surface area is 208 Å². The van der Waals surface area contributed by atoms with Crippen LogP contribution in [0.1, 0.15) is 60.9 Å². The maximum atomic E-state index is 14.1. The summed E-state index contributed by atoms with van der Waals surface area (Å²) < 4.78 is 47.0. The molecule has 4 rings (SSSR count). The summed E-state index contributed by atoms with van der Waals surface area (Å²) in [7, 11) is -2.92. The van der Waals surface area contributed by atoms with Crippen molar-refractivity contribution < 1.29 is 27.4 Å². The minimum absolute atomic E-state index is 0.118. The second-order valence-electron chi connectivity index (χ2n) is 8.68. The third kappa shape index (κ3) is 5.48. The number of halogens is 1. The van der Waals surface area contributed by atoms with Crippen molar-refractivity contribution in [1.29, 1.82) is 0 Å². The molecule has 1 aromatic heterocycles. The fourth-order valence-corrected chi connectivity index (χ4v) is 6.71. The maximum Gasteiger partial charge on any atom is 0.338 e. The lowest BCUT2D eigenvalue weighted by atomic mass is 9.78. The lowest BCUT2D eigenvalue weighted by molar-refractivity contribution is 0.0691. The van der Waals surface area contributed by atoms with E-state index in [1.807, 2.05) is 12.1 Å². The number of carboxylic acids is 1. The highest BCUT2D eigenvalue weighted by Crippen LogP contribution is 2.38. The number of rotatable bonds is 8. The molecule has 1 heterocycles. The number of aromatic carboxylic acids is 1. The summed E-state index contributed by atoms with van der Waals surface area (Å²) in [6, 6.07) is 9.90. The van der Waals surface area contributed by atoms with Crippen LogP contribution < -0.4 is 9.46 Å². The minimum atomic E-state index is -4.15. The molecule has 0 unspecified atom stereocenters. The number of carbonyl (C=O) groups is 1. The summed E-state index contributed by atoms with van der Waals surface area (Å²) >= 11 is 0.992. The van der Waals surface area contributed by atoms with Crippen molar-refractivity contribution in [3.63, 3.8) is 0 Å². The maximum absolute atomic E-state index is 14.1. The molecule has 3 aromatic rings. The molecule has 0 atom stereocenters. The minimum Gasteiger partial charge on any atom is -0.495 e. The highest BCUT2D eigenvalue weighted by atomic mass is 32.2. The molecule has 0 aliphatic heterocycles. The second-order valence-corrected chi connectivity index (χ2v) is 11.6. The Morgan fingerprint density at radius 3 is 2.49 bits per heavy atom. The van der Waals surface area contributed by atoms with Crippen LogP contribution in [0.5, 0.6) is 5.75 Å². The third-order valence-corrected chi connectivity index (χ3v) is 9.37. The number of nitrogens with one attached hydrogen (secondary N) is 1. The van der Waals surface area contributed by atoms with E-state index in [2.05, 4.69) is 28.8 Å². The first-order chi connectivity index (χ1) is 16.7. The van der Waals surface area contributed by atoms with E-state index in [0.717, 1.165) is 35.0 Å². The van der Waals surface area contributed by atoms with Crippen molar-refractivity contribution in [2.24, 2.45) is 5.92 Å². The molecule has 0 radical (unpaired) electrons. The second kappa shape index (κ2) is 10.3. The van der Waals surface area contributed by atoms with Crippen LogP contribution in [0.4, 0.5) is 10.1 Å². The molecule has 7 nitrogen and oxygen atoms in total. The summed E-state index contributed by atoms with van der Waals surface area (Å²) in [6.07, 6.45) is 7.66. The Balaban J connectivity index is 1.51. The van der Waals surface area contributed by atoms with Crippen molar-refractivity contribution >= 4 is 33.0 Å². The monoisotopic (exact) mass is 518 g/mol. The van der Waals surface area contributed by atoms with Crippen LogP contribution in [0.2, 0.25) is 0 Å². The molecule has 186 valence electrons. The van der Waals surface area contributed by atoms with Gasteiger partial charge in [-0.1, -0.05) is 37.6 Å². The van der Waals surface area contributed by atoms with E-state index >= 15 is 0 Å². The molecule has 2 N–H and O–H groups in total. The quantitative estimate of drug-likeness (QED) is 0.371. The van der Waals surface area contributed by atoms with Gasteiger partial charge in [0.25, 0.3) is 10.0 Å². The lowest BCUT2D eigenvalue weighted by Gasteiger charge is -2.28. The van der Waals surface area contributed by atoms with Gasteiger partial charge in [0.15, 0.2) is 0 Å². The van der Waals surface area contributed by atoms with Crippen LogP contribution in [0, 0.1) is 11.7 Å². The van der Waals surface area contributed by atoms with Gasteiger partial charge in [0.1, 0.15) is 11.6 Å². The largest absolute Gasteiger partial charge is 0.495 e. The molecule has 0 bridgehead atoms. The number of hydrogen-bond acceptors (Lipinski definition) is 6. The van der Waals surface area contributed by atoms with E-state index in [9.17, 15) is 17.6 Å². The number of ether oxygens (including phenoxy) is 1. The first-order valence-electron chi connectivity index (χ1n) is 11.4. The van der Waals surface area contributed by atoms with E-state index in [4.69, 9.17) is 9.84 Å². The topological polar surface area (TPSA) is 106 Å². The molecule has 10 heteroatoms. The first kappa shape index (κ1) is 25.1. The Kier molecular flexibility index (Phi) is 7.42. The molecule has 0 amide bonds. The number of aromatic nitrogens is 1. The molecule has 2 aromatic carbocycles. The molecule has 1 saturated carbocycles. The number of nitrogens with zero attached hydrogens (tertiary/aromatic N) is 1. The van der Waals surface area contributed by atoms with Gasteiger partial charge in [-0.15, -0.1) is 11.3 Å². The van der Waals surface area contributed by atoms with Crippen molar-refractivity contribution in [2.45, 2.75) is 49.3 Å². The normalized spacial score (nSPS) is 18.3. The molecular formula is C25H27FN2O5S2. The van der Waals surface area contributed by atoms with Gasteiger partial charge in [-0.3, -0.25) is 4.72 Å². The van der Waals surface area contributed by atoms with Gasteiger partial charge in [0.05, 0.1) is 23.2 Å². The van der Waals surface area contributed by atoms with E-state index in [1.54, 1.807) is 0 Å². The first-order valence-corrected chi connectivity index (χ1v) is 13.7. The Morgan fingerprint density at radius 1 is 1.20 bits per heavy atom. The average Bonchev–Trinajstić information content (AvgIpc) is 3.35. The Hall–Kier alpha value is -2.98. The Morgan fingerprint density at radius 2 is 1.89 bits per heavy atom. The van der Waals surface area contributed by atoms with Crippen LogP contribution in [0.25, 0.3) is 10.4 Å². The summed E-state index contributed by atoms with van der Waals surface area (Å²) in [5.74, 6) is -1.29. The SMILES string of the molecule is CC[C@H]1CC[C@H](c2ccc(-c3cnc(S(=O)(=O)Nc4cc(F)c(C(=O)O)cc4OC)s3)cc2)CC1. The zero-order chi connectivity index (χ0) is 25.2. The lowest BCUT2D eigenvalue weighted by Crippen LogP contribution is -2.14. The third-order valence-electron chi connectivity index (χ3n) is 6.57. The van der Waals surface area contributed by atoms with Gasteiger partial charge in [0.2, 0.25) is 4.34 Å². The standard InChI is InChI=1S/C25H27FN2O5S2/c1-3-15-4-6-16(7-5-15)17-8-10-18(11-9-17)23-14-27-25(34-23)35(31,32)28-21-13-20(26)19(24(29)30)12-22(21)33-2/h8-16,28H,3-7H2,1-2H3,(H,29,30)/t15-,16-. The fourth-order valence-electron chi connectivity index (χ4n) is 4.49. The summed E-state index contributed by atoms with van der Waals surface area (Å²) in [5, 5.41) is 9.07. The summed E-state index contributed by atoms with van der Waals surface area (Å²) in [5.41, 5.74) is 1.34. The number of carboxylic acid groups (broad SMARTS) is 1. The number of hydrogen-bond donors (Lipinski definition) is 2. The number of anilines is 1. The van der Waals surface area contributed by atoms with E-state index in [-0.39, 0.29) is 15.8 Å². The van der Waals surface area contributed by atoms with Crippen LogP contribution in [-0.4, -0.2) is 31.6 Å². The molecule has 0 spiro atoms. The fraction of sp³-hybridized carbons (Fsp3) is 0.360. The van der Waals surface area contributed by atoms with E-state index < -0.39 is 27.4 Å². The predicted octanol–water partition coefficient (Wildman–Crippen LogP) is 6.14. The summed E-state index contributed by atoms with van der Waals surface area (Å²) in [4.78, 5) is 15.9. The number of sulfonamides is 1. The van der Waals surface area contributed by atoms with Gasteiger partial charge in [-0.25, -0.2) is 14.2 Å². The summed E-state index contributed by atoms with van der Waals surface area (Å²) in [6.45, 7) is 2.25. The van der Waals surface area contributed by atoms with Crippen LogP contribution in [0.15, 0.2) is 46.9 Å². The van der Waals surface area contributed by atoms with Gasteiger partial charge in [0, 0.05) is 12.3 Å². The van der Waals surface area contributed by atoms with Crippen LogP contribution in [-0.2, 0) is 10.0 Å². The molecule has 35 heavy (non-hydrogen) atoms. The zero-order valence-corrected chi connectivity index (χ0v) is 21.1. The molecular weight excluding hydrogens is 491 g/mol.